The summed E-state index contributed by atoms with van der Waals surface area (Å²) in [7, 11) is 0. The van der Waals surface area contributed by atoms with E-state index in [2.05, 4.69) is 28.2 Å². The van der Waals surface area contributed by atoms with Crippen molar-refractivity contribution < 1.29 is 0 Å². The maximum Gasteiger partial charge on any atom is -0.000837 e. The Morgan fingerprint density at radius 2 is 0.893 bits per heavy atom. The summed E-state index contributed by atoms with van der Waals surface area (Å²) >= 11 is 0. The summed E-state index contributed by atoms with van der Waals surface area (Å²) in [5.41, 5.74) is 0. The number of rotatable bonds is 11. The quantitative estimate of drug-likeness (QED) is 0.390. The van der Waals surface area contributed by atoms with Crippen LogP contribution in [0.15, 0.2) is 0 Å². The predicted octanol–water partition coefficient (Wildman–Crippen LogP) is 4.46. The summed E-state index contributed by atoms with van der Waals surface area (Å²) < 4.78 is 0. The van der Waals surface area contributed by atoms with Gasteiger partial charge in [-0.3, -0.25) is 0 Å². The lowest BCUT2D eigenvalue weighted by atomic mass is 9.99. The van der Waals surface area contributed by atoms with Gasteiger partial charge in [-0.2, -0.15) is 0 Å². The van der Waals surface area contributed by atoms with Crippen molar-refractivity contribution in [1.29, 1.82) is 0 Å². The van der Waals surface area contributed by atoms with Crippen LogP contribution in [0.1, 0.15) is 96.8 Å². The third-order valence-corrected chi connectivity index (χ3v) is 5.95. The zero-order valence-corrected chi connectivity index (χ0v) is 19.1. The summed E-state index contributed by atoms with van der Waals surface area (Å²) in [6.07, 6.45) is 19.4. The highest BCUT2D eigenvalue weighted by atomic mass is 14.9. The van der Waals surface area contributed by atoms with Crippen LogP contribution >= 0.6 is 0 Å². The molecular weight excluding hydrogens is 344 g/mol. The lowest BCUT2D eigenvalue weighted by Gasteiger charge is -2.19. The van der Waals surface area contributed by atoms with Crippen LogP contribution in [-0.2, 0) is 0 Å². The molecule has 0 radical (unpaired) electrons. The van der Waals surface area contributed by atoms with Gasteiger partial charge in [-0.25, -0.2) is 0 Å². The van der Waals surface area contributed by atoms with Crippen molar-refractivity contribution in [2.75, 3.05) is 52.4 Å². The van der Waals surface area contributed by atoms with Crippen LogP contribution in [0.25, 0.3) is 0 Å². The summed E-state index contributed by atoms with van der Waals surface area (Å²) in [5, 5.41) is 14.5. The molecule has 0 bridgehead atoms. The topological polar surface area (TPSA) is 48.1 Å². The van der Waals surface area contributed by atoms with E-state index in [1.165, 1.54) is 103 Å². The first kappa shape index (κ1) is 25.9. The van der Waals surface area contributed by atoms with Crippen LogP contribution in [0.4, 0.5) is 0 Å². The molecule has 1 rings (SSSR count). The first-order chi connectivity index (χ1) is 13.9. The third-order valence-electron chi connectivity index (χ3n) is 5.95. The Hall–Kier alpha value is -0.160. The Labute approximate surface area is 176 Å². The Kier molecular flexibility index (Phi) is 19.9. The smallest absolute Gasteiger partial charge is 0.000837 e. The van der Waals surface area contributed by atoms with Crippen molar-refractivity contribution in [2.45, 2.75) is 96.8 Å². The molecule has 1 heterocycles. The molecule has 0 spiro atoms. The molecule has 1 saturated heterocycles. The molecule has 0 aromatic heterocycles. The molecule has 0 unspecified atom stereocenters. The minimum atomic E-state index is 0.794. The fourth-order valence-electron chi connectivity index (χ4n) is 4.07. The van der Waals surface area contributed by atoms with E-state index in [1.54, 1.807) is 0 Å². The van der Waals surface area contributed by atoms with Crippen molar-refractivity contribution >= 4 is 0 Å². The van der Waals surface area contributed by atoms with Crippen LogP contribution < -0.4 is 21.3 Å². The van der Waals surface area contributed by atoms with Crippen LogP contribution in [0.5, 0.6) is 0 Å². The molecule has 1 fully saturated rings. The number of hydrogen-bond acceptors (Lipinski definition) is 4. The van der Waals surface area contributed by atoms with Gasteiger partial charge in [-0.15, -0.1) is 0 Å². The van der Waals surface area contributed by atoms with Crippen LogP contribution in [0.2, 0.25) is 0 Å². The third kappa shape index (κ3) is 17.9. The van der Waals surface area contributed by atoms with Crippen molar-refractivity contribution in [2.24, 2.45) is 5.92 Å². The molecule has 0 aliphatic carbocycles. The van der Waals surface area contributed by atoms with Crippen molar-refractivity contribution in [3.05, 3.63) is 0 Å². The SMILES string of the molecule is CCCCCCCCCCCCC1CNCCCNCCCNCCCNC1. The van der Waals surface area contributed by atoms with Gasteiger partial charge in [-0.1, -0.05) is 71.1 Å². The van der Waals surface area contributed by atoms with E-state index < -0.39 is 0 Å². The van der Waals surface area contributed by atoms with Gasteiger partial charge in [0.2, 0.25) is 0 Å². The fourth-order valence-corrected chi connectivity index (χ4v) is 4.07. The molecule has 0 atom stereocenters. The second-order valence-corrected chi connectivity index (χ2v) is 8.81. The van der Waals surface area contributed by atoms with E-state index in [-0.39, 0.29) is 0 Å². The minimum absolute atomic E-state index is 0.794. The maximum absolute atomic E-state index is 3.71. The standard InChI is InChI=1S/C24H52N4/c1-2-3-4-5-6-7-8-9-10-11-15-24-22-27-20-13-18-25-16-12-17-26-19-14-21-28-23-24/h24-28H,2-23H2,1H3. The second kappa shape index (κ2) is 21.5. The molecule has 0 saturated carbocycles. The second-order valence-electron chi connectivity index (χ2n) is 8.81. The monoisotopic (exact) mass is 396 g/mol. The number of unbranched alkanes of at least 4 members (excludes halogenated alkanes) is 9. The molecule has 4 heteroatoms. The van der Waals surface area contributed by atoms with Gasteiger partial charge in [0.25, 0.3) is 0 Å². The van der Waals surface area contributed by atoms with Crippen molar-refractivity contribution in [3.8, 4) is 0 Å². The van der Waals surface area contributed by atoms with Gasteiger partial charge in [0.15, 0.2) is 0 Å². The van der Waals surface area contributed by atoms with Crippen LogP contribution in [0, 0.1) is 5.92 Å². The zero-order chi connectivity index (χ0) is 20.0. The van der Waals surface area contributed by atoms with Crippen molar-refractivity contribution in [1.82, 2.24) is 21.3 Å². The van der Waals surface area contributed by atoms with Gasteiger partial charge < -0.3 is 21.3 Å². The average molecular weight is 397 g/mol. The number of hydrogen-bond donors (Lipinski definition) is 4. The fraction of sp³-hybridized carbons (Fsp3) is 1.00. The Morgan fingerprint density at radius 1 is 0.500 bits per heavy atom. The molecule has 0 amide bonds. The van der Waals surface area contributed by atoms with E-state index in [1.807, 2.05) is 0 Å². The zero-order valence-electron chi connectivity index (χ0n) is 19.1. The lowest BCUT2D eigenvalue weighted by Crippen LogP contribution is -2.34. The van der Waals surface area contributed by atoms with Gasteiger partial charge in [0, 0.05) is 0 Å². The molecule has 1 aliphatic rings. The van der Waals surface area contributed by atoms with Crippen molar-refractivity contribution in [3.63, 3.8) is 0 Å². The van der Waals surface area contributed by atoms with E-state index >= 15 is 0 Å². The first-order valence-corrected chi connectivity index (χ1v) is 12.8. The molecule has 0 aromatic carbocycles. The molecule has 1 aliphatic heterocycles. The highest BCUT2D eigenvalue weighted by Crippen LogP contribution is 2.13. The molecule has 28 heavy (non-hydrogen) atoms. The predicted molar refractivity (Wildman–Crippen MR) is 125 cm³/mol. The normalized spacial score (nSPS) is 19.6. The van der Waals surface area contributed by atoms with Gasteiger partial charge in [0.05, 0.1) is 0 Å². The summed E-state index contributed by atoms with van der Waals surface area (Å²) in [6, 6.07) is 0. The number of nitrogens with one attached hydrogen (secondary N) is 4. The van der Waals surface area contributed by atoms with E-state index in [4.69, 9.17) is 0 Å². The molecule has 4 N–H and O–H groups in total. The van der Waals surface area contributed by atoms with Gasteiger partial charge in [-0.05, 0) is 84.0 Å². The highest BCUT2D eigenvalue weighted by Gasteiger charge is 2.08. The summed E-state index contributed by atoms with van der Waals surface area (Å²) in [4.78, 5) is 0. The van der Waals surface area contributed by atoms with E-state index in [0.29, 0.717) is 0 Å². The Balaban J connectivity index is 2.06. The Bertz CT molecular complexity index is 282. The highest BCUT2D eigenvalue weighted by molar-refractivity contribution is 4.67. The lowest BCUT2D eigenvalue weighted by molar-refractivity contribution is 0.393. The minimum Gasteiger partial charge on any atom is -0.317 e. The van der Waals surface area contributed by atoms with Gasteiger partial charge >= 0.3 is 0 Å². The Morgan fingerprint density at radius 3 is 1.36 bits per heavy atom. The summed E-state index contributed by atoms with van der Waals surface area (Å²) in [6.45, 7) is 11.6. The molecule has 0 aromatic rings. The largest absolute Gasteiger partial charge is 0.317 e. The summed E-state index contributed by atoms with van der Waals surface area (Å²) in [5.74, 6) is 0.794. The van der Waals surface area contributed by atoms with Gasteiger partial charge in [0.1, 0.15) is 0 Å². The molecule has 168 valence electrons. The van der Waals surface area contributed by atoms with Crippen LogP contribution in [0.3, 0.4) is 0 Å². The first-order valence-electron chi connectivity index (χ1n) is 12.8. The van der Waals surface area contributed by atoms with E-state index in [0.717, 1.165) is 45.2 Å². The molecule has 4 nitrogen and oxygen atoms in total. The average Bonchev–Trinajstić information content (AvgIpc) is 2.70. The maximum atomic E-state index is 3.71. The molecular formula is C24H52N4. The van der Waals surface area contributed by atoms with E-state index in [9.17, 15) is 0 Å². The van der Waals surface area contributed by atoms with Crippen LogP contribution in [-0.4, -0.2) is 52.4 Å².